The number of anilines is 1. The molecule has 0 bridgehead atoms. The van der Waals surface area contributed by atoms with Crippen molar-refractivity contribution in [2.24, 2.45) is 5.92 Å². The number of carbonyl (C=O) groups excluding carboxylic acids is 1. The Morgan fingerprint density at radius 3 is 2.50 bits per heavy atom. The van der Waals surface area contributed by atoms with Gasteiger partial charge in [0.15, 0.2) is 0 Å². The van der Waals surface area contributed by atoms with Crippen LogP contribution in [0.25, 0.3) is 0 Å². The summed E-state index contributed by atoms with van der Waals surface area (Å²) >= 11 is 1.66. The first-order chi connectivity index (χ1) is 12.7. The maximum Gasteiger partial charge on any atom is 0.227 e. The van der Waals surface area contributed by atoms with E-state index in [0.717, 1.165) is 60.8 Å². The summed E-state index contributed by atoms with van der Waals surface area (Å²) in [6, 6.07) is 4.08. The van der Waals surface area contributed by atoms with Gasteiger partial charge < -0.3 is 4.90 Å². The lowest BCUT2D eigenvalue weighted by Crippen LogP contribution is -2.23. The van der Waals surface area contributed by atoms with Gasteiger partial charge in [0.1, 0.15) is 5.82 Å². The zero-order valence-corrected chi connectivity index (χ0v) is 16.3. The van der Waals surface area contributed by atoms with Crippen molar-refractivity contribution in [3.8, 4) is 0 Å². The summed E-state index contributed by atoms with van der Waals surface area (Å²) in [4.78, 5) is 28.1. The molecule has 2 aromatic heterocycles. The van der Waals surface area contributed by atoms with Gasteiger partial charge in [-0.3, -0.25) is 9.78 Å². The second-order valence-electron chi connectivity index (χ2n) is 6.88. The van der Waals surface area contributed by atoms with E-state index in [4.69, 9.17) is 0 Å². The van der Waals surface area contributed by atoms with E-state index in [1.165, 1.54) is 0 Å². The minimum atomic E-state index is 0.209. The number of hydrogen-bond acceptors (Lipinski definition) is 5. The molecule has 0 N–H and O–H groups in total. The molecule has 3 rings (SSSR count). The Hall–Kier alpha value is -1.95. The largest absolute Gasteiger partial charge is 0.311 e. The van der Waals surface area contributed by atoms with Gasteiger partial charge in [-0.1, -0.05) is 6.92 Å². The van der Waals surface area contributed by atoms with E-state index >= 15 is 0 Å². The van der Waals surface area contributed by atoms with Crippen molar-refractivity contribution in [1.82, 2.24) is 15.0 Å². The molecule has 1 atom stereocenters. The van der Waals surface area contributed by atoms with Gasteiger partial charge in [0.05, 0.1) is 11.9 Å². The van der Waals surface area contributed by atoms with Gasteiger partial charge in [-0.25, -0.2) is 9.97 Å². The van der Waals surface area contributed by atoms with Crippen LogP contribution in [-0.2, 0) is 17.6 Å². The molecule has 0 spiro atoms. The number of carbonyl (C=O) groups is 1. The van der Waals surface area contributed by atoms with Gasteiger partial charge in [-0.2, -0.15) is 0 Å². The number of aromatic nitrogens is 3. The fraction of sp³-hybridized carbons (Fsp3) is 0.500. The molecule has 1 aliphatic rings. The third-order valence-electron chi connectivity index (χ3n) is 4.87. The normalized spacial score (nSPS) is 15.5. The van der Waals surface area contributed by atoms with E-state index in [9.17, 15) is 4.79 Å². The molecule has 1 saturated heterocycles. The summed E-state index contributed by atoms with van der Waals surface area (Å²) in [6.07, 6.45) is 13.3. The van der Waals surface area contributed by atoms with Crippen LogP contribution in [0.3, 0.4) is 0 Å². The topological polar surface area (TPSA) is 59.0 Å². The van der Waals surface area contributed by atoms with Crippen LogP contribution in [0.15, 0.2) is 35.6 Å². The maximum atomic E-state index is 11.8. The van der Waals surface area contributed by atoms with E-state index in [1.807, 2.05) is 35.8 Å². The summed E-state index contributed by atoms with van der Waals surface area (Å²) < 4.78 is 0. The average molecular weight is 371 g/mol. The van der Waals surface area contributed by atoms with Crippen LogP contribution >= 0.6 is 11.8 Å². The average Bonchev–Trinajstić information content (AvgIpc) is 3.11. The van der Waals surface area contributed by atoms with Crippen molar-refractivity contribution < 1.29 is 4.79 Å². The SMILES string of the molecule is CSc1cnc(CCC(C)CCc2ccc(N3CCCC3=O)cn2)nc1. The zero-order chi connectivity index (χ0) is 18.4. The number of rotatable bonds is 8. The van der Waals surface area contributed by atoms with Gasteiger partial charge in [-0.15, -0.1) is 11.8 Å². The molecule has 6 heteroatoms. The van der Waals surface area contributed by atoms with Crippen molar-refractivity contribution in [3.63, 3.8) is 0 Å². The van der Waals surface area contributed by atoms with Crippen molar-refractivity contribution in [2.45, 2.75) is 50.3 Å². The Kier molecular flexibility index (Phi) is 6.61. The molecule has 1 fully saturated rings. The highest BCUT2D eigenvalue weighted by atomic mass is 32.2. The molecule has 138 valence electrons. The maximum absolute atomic E-state index is 11.8. The van der Waals surface area contributed by atoms with E-state index in [0.29, 0.717) is 12.3 Å². The van der Waals surface area contributed by atoms with E-state index in [2.05, 4.69) is 27.9 Å². The molecule has 5 nitrogen and oxygen atoms in total. The highest BCUT2D eigenvalue weighted by molar-refractivity contribution is 7.98. The summed E-state index contributed by atoms with van der Waals surface area (Å²) in [5.74, 6) is 1.73. The van der Waals surface area contributed by atoms with Crippen LogP contribution in [0.4, 0.5) is 5.69 Å². The smallest absolute Gasteiger partial charge is 0.227 e. The Morgan fingerprint density at radius 2 is 1.88 bits per heavy atom. The standard InChI is InChI=1S/C20H26N4OS/c1-15(6-10-19-22-13-18(26-2)14-23-19)5-7-16-8-9-17(12-21-16)24-11-3-4-20(24)25/h8-9,12-15H,3-7,10-11H2,1-2H3. The van der Waals surface area contributed by atoms with Crippen molar-refractivity contribution >= 4 is 23.4 Å². The van der Waals surface area contributed by atoms with Gasteiger partial charge in [0, 0.05) is 42.4 Å². The summed E-state index contributed by atoms with van der Waals surface area (Å²) in [5.41, 5.74) is 2.02. The first-order valence-electron chi connectivity index (χ1n) is 9.26. The summed E-state index contributed by atoms with van der Waals surface area (Å²) in [5, 5.41) is 0. The second kappa shape index (κ2) is 9.12. The highest BCUT2D eigenvalue weighted by Gasteiger charge is 2.21. The zero-order valence-electron chi connectivity index (χ0n) is 15.5. The van der Waals surface area contributed by atoms with Gasteiger partial charge >= 0.3 is 0 Å². The van der Waals surface area contributed by atoms with Crippen LogP contribution in [0, 0.1) is 5.92 Å². The minimum Gasteiger partial charge on any atom is -0.311 e. The number of pyridine rings is 1. The highest BCUT2D eigenvalue weighted by Crippen LogP contribution is 2.21. The lowest BCUT2D eigenvalue weighted by atomic mass is 9.98. The van der Waals surface area contributed by atoms with Crippen LogP contribution in [0.2, 0.25) is 0 Å². The van der Waals surface area contributed by atoms with E-state index < -0.39 is 0 Å². The van der Waals surface area contributed by atoms with Crippen LogP contribution in [0.1, 0.15) is 44.1 Å². The molecule has 1 amide bonds. The number of aryl methyl sites for hydroxylation is 2. The molecule has 3 heterocycles. The molecular weight excluding hydrogens is 344 g/mol. The molecule has 26 heavy (non-hydrogen) atoms. The van der Waals surface area contributed by atoms with Crippen molar-refractivity contribution in [3.05, 3.63) is 42.2 Å². The number of hydrogen-bond donors (Lipinski definition) is 0. The van der Waals surface area contributed by atoms with Gasteiger partial charge in [0.2, 0.25) is 5.91 Å². The predicted octanol–water partition coefficient (Wildman–Crippen LogP) is 3.92. The molecule has 1 unspecified atom stereocenters. The lowest BCUT2D eigenvalue weighted by Gasteiger charge is -2.15. The minimum absolute atomic E-state index is 0.209. The monoisotopic (exact) mass is 370 g/mol. The Labute approximate surface area is 159 Å². The Morgan fingerprint density at radius 1 is 1.12 bits per heavy atom. The van der Waals surface area contributed by atoms with Crippen LogP contribution in [0.5, 0.6) is 0 Å². The fourth-order valence-corrected chi connectivity index (χ4v) is 3.45. The fourth-order valence-electron chi connectivity index (χ4n) is 3.14. The second-order valence-corrected chi connectivity index (χ2v) is 7.76. The first kappa shape index (κ1) is 18.8. The van der Waals surface area contributed by atoms with Gasteiger partial charge in [0.25, 0.3) is 0 Å². The van der Waals surface area contributed by atoms with Crippen molar-refractivity contribution in [1.29, 1.82) is 0 Å². The molecule has 0 radical (unpaired) electrons. The number of thioether (sulfide) groups is 1. The number of amides is 1. The third kappa shape index (κ3) is 5.04. The molecule has 0 saturated carbocycles. The molecular formula is C20H26N4OS. The molecule has 2 aromatic rings. The third-order valence-corrected chi connectivity index (χ3v) is 5.55. The summed E-state index contributed by atoms with van der Waals surface area (Å²) in [6.45, 7) is 3.09. The van der Waals surface area contributed by atoms with E-state index in [1.54, 1.807) is 11.8 Å². The Bertz CT molecular complexity index is 718. The molecule has 0 aliphatic carbocycles. The molecule has 1 aliphatic heterocycles. The summed E-state index contributed by atoms with van der Waals surface area (Å²) in [7, 11) is 0. The van der Waals surface area contributed by atoms with Crippen LogP contribution in [-0.4, -0.2) is 33.7 Å². The van der Waals surface area contributed by atoms with E-state index in [-0.39, 0.29) is 5.91 Å². The lowest BCUT2D eigenvalue weighted by molar-refractivity contribution is -0.117. The Balaban J connectivity index is 1.43. The van der Waals surface area contributed by atoms with Crippen molar-refractivity contribution in [2.75, 3.05) is 17.7 Å². The number of nitrogens with zero attached hydrogens (tertiary/aromatic N) is 4. The molecule has 0 aromatic carbocycles. The van der Waals surface area contributed by atoms with Crippen LogP contribution < -0.4 is 4.90 Å². The first-order valence-corrected chi connectivity index (χ1v) is 10.5. The quantitative estimate of drug-likeness (QED) is 0.659. The predicted molar refractivity (Wildman–Crippen MR) is 105 cm³/mol. The van der Waals surface area contributed by atoms with Gasteiger partial charge in [-0.05, 0) is 50.0 Å².